The van der Waals surface area contributed by atoms with Gasteiger partial charge in [-0.05, 0) is 76.9 Å². The molecule has 3 aromatic heterocycles. The Kier molecular flexibility index (Phi) is 11.2. The fourth-order valence-electron chi connectivity index (χ4n) is 5.33. The largest absolute Gasteiger partial charge is 0.302 e. The fourth-order valence-corrected chi connectivity index (χ4v) is 5.33. The Morgan fingerprint density at radius 3 is 2.55 bits per heavy atom. The molecular formula is C34H46N6O2. The molecule has 0 fully saturated rings. The highest BCUT2D eigenvalue weighted by Gasteiger charge is 2.19. The number of pyridine rings is 1. The number of fused-ring (bicyclic) bond motifs is 1. The lowest BCUT2D eigenvalue weighted by atomic mass is 9.99. The van der Waals surface area contributed by atoms with Crippen LogP contribution in [0.1, 0.15) is 99.8 Å². The van der Waals surface area contributed by atoms with E-state index in [9.17, 15) is 9.59 Å². The number of unbranched alkanes of at least 4 members (excludes halogenated alkanes) is 3. The van der Waals surface area contributed by atoms with Gasteiger partial charge in [-0.2, -0.15) is 10.2 Å². The maximum atomic E-state index is 13.5. The van der Waals surface area contributed by atoms with E-state index >= 15 is 0 Å². The molecule has 0 saturated carbocycles. The minimum atomic E-state index is 0.101. The second-order valence-electron chi connectivity index (χ2n) is 11.8. The molecule has 1 aromatic carbocycles. The Morgan fingerprint density at radius 2 is 1.81 bits per heavy atom. The third-order valence-corrected chi connectivity index (χ3v) is 7.71. The van der Waals surface area contributed by atoms with Crippen LogP contribution in [-0.2, 0) is 24.8 Å². The second-order valence-corrected chi connectivity index (χ2v) is 11.8. The third kappa shape index (κ3) is 8.44. The number of ketones is 2. The Hall–Kier alpha value is -3.65. The molecule has 4 rings (SSSR count). The number of benzene rings is 1. The number of hydrogen-bond donors (Lipinski definition) is 0. The summed E-state index contributed by atoms with van der Waals surface area (Å²) in [4.78, 5) is 33.2. The second kappa shape index (κ2) is 15.0. The zero-order valence-corrected chi connectivity index (χ0v) is 26.0. The van der Waals surface area contributed by atoms with Crippen LogP contribution < -0.4 is 0 Å². The molecule has 224 valence electrons. The van der Waals surface area contributed by atoms with Crippen molar-refractivity contribution in [3.8, 4) is 11.3 Å². The van der Waals surface area contributed by atoms with Crippen molar-refractivity contribution in [2.75, 3.05) is 13.6 Å². The number of aryl methyl sites for hydroxylation is 2. The molecule has 0 bridgehead atoms. The summed E-state index contributed by atoms with van der Waals surface area (Å²) in [6.45, 7) is 8.30. The van der Waals surface area contributed by atoms with Crippen molar-refractivity contribution in [1.82, 2.24) is 29.4 Å². The Balaban J connectivity index is 1.42. The summed E-state index contributed by atoms with van der Waals surface area (Å²) in [7, 11) is 4.04. The molecule has 0 saturated heterocycles. The van der Waals surface area contributed by atoms with Gasteiger partial charge in [0.15, 0.2) is 11.4 Å². The van der Waals surface area contributed by atoms with Gasteiger partial charge in [0.2, 0.25) is 0 Å². The van der Waals surface area contributed by atoms with E-state index in [0.717, 1.165) is 60.3 Å². The van der Waals surface area contributed by atoms with Crippen molar-refractivity contribution >= 4 is 22.6 Å². The summed E-state index contributed by atoms with van der Waals surface area (Å²) in [6.07, 6.45) is 10.6. The monoisotopic (exact) mass is 570 g/mol. The van der Waals surface area contributed by atoms with E-state index in [-0.39, 0.29) is 17.6 Å². The van der Waals surface area contributed by atoms with Crippen LogP contribution in [0, 0.1) is 0 Å². The molecule has 0 spiro atoms. The normalized spacial score (nSPS) is 11.7. The summed E-state index contributed by atoms with van der Waals surface area (Å²) in [5.41, 5.74) is 5.41. The van der Waals surface area contributed by atoms with E-state index in [1.165, 1.54) is 18.4 Å². The van der Waals surface area contributed by atoms with Gasteiger partial charge in [-0.15, -0.1) is 0 Å². The molecule has 3 heterocycles. The predicted octanol–water partition coefficient (Wildman–Crippen LogP) is 6.98. The van der Waals surface area contributed by atoms with Gasteiger partial charge in [0.25, 0.3) is 0 Å². The van der Waals surface area contributed by atoms with Gasteiger partial charge in [0.1, 0.15) is 5.78 Å². The molecule has 0 amide bonds. The molecule has 0 aliphatic carbocycles. The molecule has 0 aliphatic heterocycles. The molecule has 42 heavy (non-hydrogen) atoms. The topological polar surface area (TPSA) is 85.9 Å². The number of aromatic nitrogens is 5. The highest BCUT2D eigenvalue weighted by Crippen LogP contribution is 2.28. The molecule has 8 nitrogen and oxygen atoms in total. The van der Waals surface area contributed by atoms with Gasteiger partial charge in [-0.3, -0.25) is 14.3 Å². The lowest BCUT2D eigenvalue weighted by Gasteiger charge is -2.17. The van der Waals surface area contributed by atoms with Crippen molar-refractivity contribution in [3.05, 3.63) is 65.6 Å². The van der Waals surface area contributed by atoms with E-state index in [1.807, 2.05) is 30.1 Å². The first-order valence-electron chi connectivity index (χ1n) is 15.4. The van der Waals surface area contributed by atoms with Crippen molar-refractivity contribution in [3.63, 3.8) is 0 Å². The Labute approximate surface area is 250 Å². The lowest BCUT2D eigenvalue weighted by molar-refractivity contribution is -0.119. The minimum Gasteiger partial charge on any atom is -0.302 e. The van der Waals surface area contributed by atoms with Crippen LogP contribution in [-0.4, -0.2) is 54.6 Å². The predicted molar refractivity (Wildman–Crippen MR) is 169 cm³/mol. The van der Waals surface area contributed by atoms with Crippen LogP contribution in [0.4, 0.5) is 0 Å². The van der Waals surface area contributed by atoms with Crippen LogP contribution in [0.25, 0.3) is 22.3 Å². The van der Waals surface area contributed by atoms with E-state index in [4.69, 9.17) is 4.98 Å². The number of rotatable bonds is 17. The Morgan fingerprint density at radius 1 is 1.00 bits per heavy atom. The lowest BCUT2D eigenvalue weighted by Crippen LogP contribution is -2.18. The smallest absolute Gasteiger partial charge is 0.163 e. The van der Waals surface area contributed by atoms with E-state index in [1.54, 1.807) is 10.9 Å². The maximum Gasteiger partial charge on any atom is 0.163 e. The number of carbonyl (C=O) groups excluding carboxylic acids is 2. The fraction of sp³-hybridized carbons (Fsp3) is 0.500. The summed E-state index contributed by atoms with van der Waals surface area (Å²) in [5, 5.41) is 9.72. The van der Waals surface area contributed by atoms with Crippen molar-refractivity contribution in [1.29, 1.82) is 0 Å². The molecule has 8 heteroatoms. The van der Waals surface area contributed by atoms with Gasteiger partial charge < -0.3 is 4.90 Å². The number of carbonyl (C=O) groups is 2. The van der Waals surface area contributed by atoms with Crippen molar-refractivity contribution < 1.29 is 9.59 Å². The van der Waals surface area contributed by atoms with Gasteiger partial charge >= 0.3 is 0 Å². The average molecular weight is 571 g/mol. The van der Waals surface area contributed by atoms with Crippen LogP contribution in [0.15, 0.2) is 48.8 Å². The molecule has 0 radical (unpaired) electrons. The highest BCUT2D eigenvalue weighted by atomic mass is 16.1. The molecule has 0 atom stereocenters. The quantitative estimate of drug-likeness (QED) is 0.101. The Bertz CT molecular complexity index is 1480. The molecular weight excluding hydrogens is 524 g/mol. The van der Waals surface area contributed by atoms with Gasteiger partial charge in [-0.1, -0.05) is 38.0 Å². The zero-order valence-electron chi connectivity index (χ0n) is 26.0. The van der Waals surface area contributed by atoms with Crippen molar-refractivity contribution in [2.45, 2.75) is 91.1 Å². The SMILES string of the molecule is CCCCN(C)Cc1cccc(-c2cc(C(=O)CCCCCC(=O)CCc3ccn(C)n3)c3cnn(C(C)C)c3n2)c1. The first kappa shape index (κ1) is 31.3. The molecule has 4 aromatic rings. The van der Waals surface area contributed by atoms with E-state index in [0.29, 0.717) is 31.2 Å². The van der Waals surface area contributed by atoms with Crippen LogP contribution in [0.5, 0.6) is 0 Å². The number of nitrogens with zero attached hydrogens (tertiary/aromatic N) is 6. The van der Waals surface area contributed by atoms with Gasteiger partial charge in [-0.25, -0.2) is 9.67 Å². The van der Waals surface area contributed by atoms with Crippen LogP contribution in [0.3, 0.4) is 0 Å². The van der Waals surface area contributed by atoms with Gasteiger partial charge in [0.05, 0.1) is 17.6 Å². The number of Topliss-reactive ketones (excluding diaryl/α,β-unsaturated/α-hetero) is 2. The first-order chi connectivity index (χ1) is 20.2. The summed E-state index contributed by atoms with van der Waals surface area (Å²) in [5.74, 6) is 0.358. The molecule has 0 N–H and O–H groups in total. The standard InChI is InChI=1S/C34H46N6O2/c1-6-7-19-38(4)24-26-12-11-13-27(21-26)32-22-30(31-23-35-40(25(2)3)34(31)36-32)33(42)15-10-8-9-14-29(41)17-16-28-18-20-39(5)37-28/h11-13,18,20-23,25H,6-10,14-17,19,24H2,1-5H3. The maximum absolute atomic E-state index is 13.5. The summed E-state index contributed by atoms with van der Waals surface area (Å²) >= 11 is 0. The minimum absolute atomic E-state index is 0.101. The highest BCUT2D eigenvalue weighted by molar-refractivity contribution is 6.07. The van der Waals surface area contributed by atoms with E-state index in [2.05, 4.69) is 67.2 Å². The summed E-state index contributed by atoms with van der Waals surface area (Å²) < 4.78 is 3.66. The van der Waals surface area contributed by atoms with Crippen LogP contribution in [0.2, 0.25) is 0 Å². The number of hydrogen-bond acceptors (Lipinski definition) is 6. The van der Waals surface area contributed by atoms with Gasteiger partial charge in [0, 0.05) is 61.6 Å². The van der Waals surface area contributed by atoms with E-state index < -0.39 is 0 Å². The van der Waals surface area contributed by atoms with Crippen molar-refractivity contribution in [2.24, 2.45) is 7.05 Å². The average Bonchev–Trinajstić information content (AvgIpc) is 3.60. The third-order valence-electron chi connectivity index (χ3n) is 7.71. The zero-order chi connectivity index (χ0) is 30.1. The molecule has 0 unspecified atom stereocenters. The first-order valence-corrected chi connectivity index (χ1v) is 15.4. The summed E-state index contributed by atoms with van der Waals surface area (Å²) in [6, 6.07) is 12.5. The van der Waals surface area contributed by atoms with Crippen LogP contribution >= 0.6 is 0 Å². The molecule has 0 aliphatic rings.